The number of quaternary nitrogens is 1. The molecule has 0 spiro atoms. The van der Waals surface area contributed by atoms with Gasteiger partial charge in [-0.1, -0.05) is 35.0 Å². The number of rotatable bonds is 4. The van der Waals surface area contributed by atoms with Gasteiger partial charge in [-0.05, 0) is 19.1 Å². The first-order valence-electron chi connectivity index (χ1n) is 10.3. The molecule has 0 bridgehead atoms. The Morgan fingerprint density at radius 2 is 2.12 bits per heavy atom. The van der Waals surface area contributed by atoms with Crippen LogP contribution in [0.5, 0.6) is 0 Å². The van der Waals surface area contributed by atoms with Crippen molar-refractivity contribution in [1.82, 2.24) is 25.0 Å². The van der Waals surface area contributed by atoms with Crippen LogP contribution in [0.15, 0.2) is 59.4 Å². The van der Waals surface area contributed by atoms with Crippen molar-refractivity contribution in [2.24, 2.45) is 0 Å². The van der Waals surface area contributed by atoms with Gasteiger partial charge in [0.2, 0.25) is 11.7 Å². The maximum atomic E-state index is 13.2. The second-order valence-electron chi connectivity index (χ2n) is 7.81. The second-order valence-corrected chi connectivity index (χ2v) is 7.81. The molecule has 5 rings (SSSR count). The minimum atomic E-state index is -1.04. The van der Waals surface area contributed by atoms with E-state index in [-0.39, 0.29) is 23.4 Å². The topological polar surface area (TPSA) is 148 Å². The molecule has 168 valence electrons. The lowest BCUT2D eigenvalue weighted by Gasteiger charge is -2.32. The number of hydrogen-bond acceptors (Lipinski definition) is 7. The number of aryl methyl sites for hydroxylation is 1. The summed E-state index contributed by atoms with van der Waals surface area (Å²) in [4.78, 5) is 26.7. The third-order valence-electron chi connectivity index (χ3n) is 5.56. The van der Waals surface area contributed by atoms with E-state index in [1.807, 2.05) is 31.2 Å². The zero-order chi connectivity index (χ0) is 22.9. The first-order chi connectivity index (χ1) is 16.0. The van der Waals surface area contributed by atoms with Gasteiger partial charge in [0.05, 0.1) is 24.3 Å². The number of aromatic nitrogens is 4. The predicted molar refractivity (Wildman–Crippen MR) is 116 cm³/mol. The third kappa shape index (κ3) is 4.20. The highest BCUT2D eigenvalue weighted by molar-refractivity contribution is 5.89. The minimum absolute atomic E-state index is 0.122. The van der Waals surface area contributed by atoms with E-state index in [9.17, 15) is 15.2 Å². The number of nitrogens with one attached hydrogen (secondary N) is 3. The van der Waals surface area contributed by atoms with Crippen molar-refractivity contribution >= 4 is 17.4 Å². The summed E-state index contributed by atoms with van der Waals surface area (Å²) in [5.74, 6) is 0.498. The molecule has 1 aliphatic heterocycles. The first kappa shape index (κ1) is 20.8. The van der Waals surface area contributed by atoms with Gasteiger partial charge < -0.3 is 24.9 Å². The molecule has 2 amide bonds. The summed E-state index contributed by atoms with van der Waals surface area (Å²) in [5.41, 5.74) is 4.08. The maximum Gasteiger partial charge on any atom is 0.322 e. The Bertz CT molecular complexity index is 1280. The second kappa shape index (κ2) is 8.47. The number of carbonyl (C=O) groups excluding carboxylic acids is 1. The van der Waals surface area contributed by atoms with Crippen LogP contribution in [0.1, 0.15) is 28.9 Å². The van der Waals surface area contributed by atoms with Crippen molar-refractivity contribution in [1.29, 1.82) is 0 Å². The Balaban J connectivity index is 1.44. The highest BCUT2D eigenvalue weighted by Gasteiger charge is 2.36. The highest BCUT2D eigenvalue weighted by Crippen LogP contribution is 2.32. The molecule has 1 unspecified atom stereocenters. The quantitative estimate of drug-likeness (QED) is 0.351. The van der Waals surface area contributed by atoms with Gasteiger partial charge in [-0.2, -0.15) is 10.2 Å². The van der Waals surface area contributed by atoms with Gasteiger partial charge in [0.15, 0.2) is 5.69 Å². The smallest absolute Gasteiger partial charge is 0.322 e. The van der Waals surface area contributed by atoms with E-state index in [4.69, 9.17) is 4.52 Å². The molecule has 33 heavy (non-hydrogen) atoms. The number of amides is 2. The summed E-state index contributed by atoms with van der Waals surface area (Å²) in [5, 5.41) is 26.4. The lowest BCUT2D eigenvalue weighted by atomic mass is 10.0. The van der Waals surface area contributed by atoms with Gasteiger partial charge in [-0.15, -0.1) is 0 Å². The number of benzene rings is 2. The van der Waals surface area contributed by atoms with E-state index in [0.29, 0.717) is 24.2 Å². The van der Waals surface area contributed by atoms with Gasteiger partial charge in [0, 0.05) is 29.8 Å². The SMILES string of the molecule is Cc1ccc(NC(=O)N2Cc3[nH]cnc3C[C@H]2c2nc(-c3cccc([NH+]([O-])O)c3)no2)cc1. The van der Waals surface area contributed by atoms with Crippen molar-refractivity contribution in [2.45, 2.75) is 25.9 Å². The number of imidazole rings is 1. The Morgan fingerprint density at radius 3 is 2.91 bits per heavy atom. The third-order valence-corrected chi connectivity index (χ3v) is 5.56. The average molecular weight is 447 g/mol. The molecule has 3 heterocycles. The molecule has 2 aromatic heterocycles. The zero-order valence-corrected chi connectivity index (χ0v) is 17.6. The minimum Gasteiger partial charge on any atom is -0.595 e. The normalized spacial score (nSPS) is 16.3. The van der Waals surface area contributed by atoms with Crippen LogP contribution in [0.3, 0.4) is 0 Å². The Hall–Kier alpha value is -4.06. The number of fused-ring (bicyclic) bond motifs is 1. The molecule has 0 fully saturated rings. The van der Waals surface area contributed by atoms with E-state index in [1.165, 1.54) is 12.1 Å². The molecular formula is C22H21N7O4. The van der Waals surface area contributed by atoms with Crippen molar-refractivity contribution in [3.8, 4) is 11.4 Å². The van der Waals surface area contributed by atoms with Crippen LogP contribution in [0, 0.1) is 12.1 Å². The predicted octanol–water partition coefficient (Wildman–Crippen LogP) is 2.50. The van der Waals surface area contributed by atoms with Crippen LogP contribution in [-0.4, -0.2) is 36.2 Å². The monoisotopic (exact) mass is 447 g/mol. The molecule has 1 aliphatic rings. The largest absolute Gasteiger partial charge is 0.595 e. The van der Waals surface area contributed by atoms with Crippen molar-refractivity contribution in [3.63, 3.8) is 0 Å². The van der Waals surface area contributed by atoms with Crippen molar-refractivity contribution < 1.29 is 19.8 Å². The van der Waals surface area contributed by atoms with Gasteiger partial charge in [-0.3, -0.25) is 0 Å². The van der Waals surface area contributed by atoms with E-state index in [0.717, 1.165) is 17.0 Å². The van der Waals surface area contributed by atoms with Crippen LogP contribution in [0.4, 0.5) is 16.2 Å². The van der Waals surface area contributed by atoms with E-state index < -0.39 is 11.3 Å². The fourth-order valence-corrected chi connectivity index (χ4v) is 3.78. The van der Waals surface area contributed by atoms with Gasteiger partial charge in [0.25, 0.3) is 0 Å². The number of nitrogens with zero attached hydrogens (tertiary/aromatic N) is 4. The average Bonchev–Trinajstić information content (AvgIpc) is 3.49. The number of anilines is 1. The molecule has 0 saturated heterocycles. The Morgan fingerprint density at radius 1 is 1.30 bits per heavy atom. The van der Waals surface area contributed by atoms with Gasteiger partial charge in [0.1, 0.15) is 6.04 Å². The summed E-state index contributed by atoms with van der Waals surface area (Å²) in [6, 6.07) is 13.0. The number of carbonyl (C=O) groups is 1. The zero-order valence-electron chi connectivity index (χ0n) is 17.6. The maximum absolute atomic E-state index is 13.2. The molecule has 2 aromatic carbocycles. The van der Waals surface area contributed by atoms with Crippen LogP contribution >= 0.6 is 0 Å². The number of urea groups is 1. The lowest BCUT2D eigenvalue weighted by molar-refractivity contribution is -0.991. The summed E-state index contributed by atoms with van der Waals surface area (Å²) >= 11 is 0. The first-order valence-corrected chi connectivity index (χ1v) is 10.3. The Labute approximate surface area is 188 Å². The summed E-state index contributed by atoms with van der Waals surface area (Å²) in [6.07, 6.45) is 2.00. The standard InChI is InChI=1S/C22H21N7O4/c1-13-5-7-15(8-6-13)25-22(30)28-11-18-17(23-12-24-18)10-19(28)21-26-20(27-33-21)14-3-2-4-16(9-14)29(31)32/h2-9,12,19,29,31H,10-11H2,1H3,(H,23,24)(H,25,30)/t19-/m0/s1. The molecule has 4 aromatic rings. The number of H-pyrrole nitrogens is 1. The lowest BCUT2D eigenvalue weighted by Crippen LogP contribution is -2.99. The fraction of sp³-hybridized carbons (Fsp3) is 0.182. The molecule has 11 heteroatoms. The Kier molecular flexibility index (Phi) is 5.34. The molecule has 0 saturated carbocycles. The molecular weight excluding hydrogens is 426 g/mol. The van der Waals surface area contributed by atoms with Gasteiger partial charge >= 0.3 is 6.03 Å². The van der Waals surface area contributed by atoms with Crippen molar-refractivity contribution in [2.75, 3.05) is 5.32 Å². The molecule has 0 aliphatic carbocycles. The van der Waals surface area contributed by atoms with E-state index >= 15 is 0 Å². The molecule has 11 nitrogen and oxygen atoms in total. The fourth-order valence-electron chi connectivity index (χ4n) is 3.78. The van der Waals surface area contributed by atoms with Crippen LogP contribution in [0.25, 0.3) is 11.4 Å². The number of aromatic amines is 1. The molecule has 4 N–H and O–H groups in total. The molecule has 0 radical (unpaired) electrons. The summed E-state index contributed by atoms with van der Waals surface area (Å²) < 4.78 is 5.53. The highest BCUT2D eigenvalue weighted by atomic mass is 16.8. The van der Waals surface area contributed by atoms with E-state index in [2.05, 4.69) is 25.4 Å². The summed E-state index contributed by atoms with van der Waals surface area (Å²) in [6.45, 7) is 2.27. The molecule has 2 atom stereocenters. The number of hydrogen-bond donors (Lipinski definition) is 4. The van der Waals surface area contributed by atoms with Crippen molar-refractivity contribution in [3.05, 3.63) is 82.9 Å². The summed E-state index contributed by atoms with van der Waals surface area (Å²) in [7, 11) is 0. The van der Waals surface area contributed by atoms with Crippen LogP contribution in [0.2, 0.25) is 0 Å². The van der Waals surface area contributed by atoms with E-state index in [1.54, 1.807) is 23.4 Å². The van der Waals surface area contributed by atoms with Gasteiger partial charge in [-0.25, -0.2) is 15.0 Å². The van der Waals surface area contributed by atoms with Crippen LogP contribution < -0.4 is 10.5 Å². The van der Waals surface area contributed by atoms with Crippen LogP contribution in [-0.2, 0) is 13.0 Å².